The minimum atomic E-state index is -3.12. The van der Waals surface area contributed by atoms with Gasteiger partial charge in [0.25, 0.3) is 0 Å². The summed E-state index contributed by atoms with van der Waals surface area (Å²) in [5.41, 5.74) is 0.393. The number of rotatable bonds is 6. The van der Waals surface area contributed by atoms with Gasteiger partial charge in [-0.05, 0) is 38.1 Å². The van der Waals surface area contributed by atoms with E-state index in [4.69, 9.17) is 0 Å². The highest BCUT2D eigenvalue weighted by Crippen LogP contribution is 2.37. The number of anilines is 1. The van der Waals surface area contributed by atoms with Crippen LogP contribution in [0.15, 0.2) is 30.5 Å². The Morgan fingerprint density at radius 2 is 2.17 bits per heavy atom. The highest BCUT2D eigenvalue weighted by Gasteiger charge is 2.23. The van der Waals surface area contributed by atoms with Gasteiger partial charge in [-0.15, -0.1) is 10.2 Å². The number of hydrogen-bond acceptors (Lipinski definition) is 6. The van der Waals surface area contributed by atoms with Gasteiger partial charge in [-0.3, -0.25) is 4.40 Å². The van der Waals surface area contributed by atoms with Crippen molar-refractivity contribution in [3.05, 3.63) is 36.3 Å². The van der Waals surface area contributed by atoms with Gasteiger partial charge in [0.2, 0.25) is 5.95 Å². The van der Waals surface area contributed by atoms with Gasteiger partial charge in [-0.1, -0.05) is 6.92 Å². The number of benzene rings is 1. The lowest BCUT2D eigenvalue weighted by Crippen LogP contribution is -2.42. The van der Waals surface area contributed by atoms with Gasteiger partial charge in [0.15, 0.2) is 0 Å². The Morgan fingerprint density at radius 1 is 1.33 bits per heavy atom. The van der Waals surface area contributed by atoms with Gasteiger partial charge in [-0.2, -0.15) is 8.78 Å². The molecular weight excluding hydrogens is 399 g/mol. The topological polar surface area (TPSA) is 74.9 Å². The van der Waals surface area contributed by atoms with Gasteiger partial charge >= 0.3 is 6.61 Å². The number of nitrogens with zero attached hydrogens (tertiary/aromatic N) is 4. The van der Waals surface area contributed by atoms with Crippen molar-refractivity contribution in [1.29, 1.82) is 0 Å². The molecule has 4 rings (SSSR count). The highest BCUT2D eigenvalue weighted by atomic mass is 19.3. The Balaban J connectivity index is 1.68. The van der Waals surface area contributed by atoms with Crippen molar-refractivity contribution in [1.82, 2.24) is 19.5 Å². The van der Waals surface area contributed by atoms with E-state index in [0.29, 0.717) is 11.5 Å². The normalized spacial score (nSPS) is 17.6. The van der Waals surface area contributed by atoms with Crippen molar-refractivity contribution in [2.75, 3.05) is 25.0 Å². The fourth-order valence-electron chi connectivity index (χ4n) is 3.85. The molecule has 1 aromatic carbocycles. The first-order valence-electron chi connectivity index (χ1n) is 9.76. The summed E-state index contributed by atoms with van der Waals surface area (Å²) in [5.74, 6) is -1.46. The van der Waals surface area contributed by atoms with Crippen LogP contribution in [0.3, 0.4) is 0 Å². The van der Waals surface area contributed by atoms with Crippen LogP contribution in [0.2, 0.25) is 0 Å². The van der Waals surface area contributed by atoms with Crippen LogP contribution >= 0.6 is 0 Å². The van der Waals surface area contributed by atoms with E-state index in [2.05, 4.69) is 32.1 Å². The molecule has 1 saturated heterocycles. The summed E-state index contributed by atoms with van der Waals surface area (Å²) in [6, 6.07) is 5.40. The third kappa shape index (κ3) is 4.00. The van der Waals surface area contributed by atoms with E-state index < -0.39 is 23.9 Å². The summed E-state index contributed by atoms with van der Waals surface area (Å²) in [6.45, 7) is 1.94. The van der Waals surface area contributed by atoms with E-state index >= 15 is 0 Å². The van der Waals surface area contributed by atoms with Gasteiger partial charge in [-0.25, -0.2) is 4.39 Å². The zero-order valence-corrected chi connectivity index (χ0v) is 16.4. The van der Waals surface area contributed by atoms with Crippen molar-refractivity contribution >= 4 is 11.5 Å². The van der Waals surface area contributed by atoms with Gasteiger partial charge in [0.05, 0.1) is 11.1 Å². The molecule has 10 heteroatoms. The maximum absolute atomic E-state index is 14.7. The summed E-state index contributed by atoms with van der Waals surface area (Å²) < 4.78 is 45.3. The molecule has 1 atom stereocenters. The first kappa shape index (κ1) is 20.3. The van der Waals surface area contributed by atoms with Gasteiger partial charge in [0, 0.05) is 30.9 Å². The van der Waals surface area contributed by atoms with Crippen molar-refractivity contribution in [3.8, 4) is 22.8 Å². The number of fused-ring (bicyclic) bond motifs is 1. The van der Waals surface area contributed by atoms with Crippen LogP contribution in [0.4, 0.5) is 19.1 Å². The second-order valence-electron chi connectivity index (χ2n) is 7.19. The zero-order chi connectivity index (χ0) is 21.3. The average molecular weight is 421 g/mol. The maximum Gasteiger partial charge on any atom is 0.387 e. The van der Waals surface area contributed by atoms with E-state index in [0.717, 1.165) is 44.6 Å². The van der Waals surface area contributed by atoms with Crippen LogP contribution in [-0.2, 0) is 0 Å². The van der Waals surface area contributed by atoms with Crippen LogP contribution in [0.25, 0.3) is 16.8 Å². The standard InChI is InChI=1S/C20H22F3N5O2/c1-2-27-7-3-5-12(11-27)24-20-26-25-18(15-6-4-8-28(15)20)17-14(21)9-13(10-16(17)29)30-19(22)23/h4,6,8-10,12,19,29H,2-3,5,7,11H2,1H3,(H,24,26)/t12-/m1/s1. The first-order chi connectivity index (χ1) is 14.5. The molecule has 0 spiro atoms. The number of aromatic hydroxyl groups is 1. The molecule has 3 aromatic rings. The van der Waals surface area contributed by atoms with E-state index in [9.17, 15) is 18.3 Å². The van der Waals surface area contributed by atoms with Crippen molar-refractivity contribution < 1.29 is 23.0 Å². The van der Waals surface area contributed by atoms with Crippen molar-refractivity contribution in [2.45, 2.75) is 32.4 Å². The largest absolute Gasteiger partial charge is 0.507 e. The third-order valence-electron chi connectivity index (χ3n) is 5.26. The molecule has 2 N–H and O–H groups in total. The minimum absolute atomic E-state index is 0.1000. The van der Waals surface area contributed by atoms with Crippen LogP contribution in [-0.4, -0.2) is 56.9 Å². The summed E-state index contributed by atoms with van der Waals surface area (Å²) in [4.78, 5) is 2.35. The molecule has 0 amide bonds. The summed E-state index contributed by atoms with van der Waals surface area (Å²) in [6.07, 6.45) is 3.85. The third-order valence-corrected chi connectivity index (χ3v) is 5.26. The second kappa shape index (κ2) is 8.39. The predicted molar refractivity (Wildman–Crippen MR) is 105 cm³/mol. The van der Waals surface area contributed by atoms with Crippen LogP contribution < -0.4 is 10.1 Å². The molecule has 0 radical (unpaired) electrons. The van der Waals surface area contributed by atoms with Crippen molar-refractivity contribution in [3.63, 3.8) is 0 Å². The van der Waals surface area contributed by atoms with Crippen LogP contribution in [0, 0.1) is 5.82 Å². The molecule has 0 unspecified atom stereocenters. The smallest absolute Gasteiger partial charge is 0.387 e. The van der Waals surface area contributed by atoms with Crippen LogP contribution in [0.1, 0.15) is 19.8 Å². The van der Waals surface area contributed by atoms with Gasteiger partial charge in [0.1, 0.15) is 23.0 Å². The molecule has 0 aliphatic carbocycles. The van der Waals surface area contributed by atoms with E-state index in [1.54, 1.807) is 22.7 Å². The Kier molecular flexibility index (Phi) is 5.67. The monoisotopic (exact) mass is 421 g/mol. The first-order valence-corrected chi connectivity index (χ1v) is 9.76. The molecule has 1 fully saturated rings. The lowest BCUT2D eigenvalue weighted by molar-refractivity contribution is -0.0500. The summed E-state index contributed by atoms with van der Waals surface area (Å²) >= 11 is 0. The second-order valence-corrected chi connectivity index (χ2v) is 7.19. The number of piperidine rings is 1. The lowest BCUT2D eigenvalue weighted by atomic mass is 10.1. The number of phenols is 1. The number of hydrogen-bond donors (Lipinski definition) is 2. The molecule has 1 aliphatic heterocycles. The number of halogens is 3. The molecule has 30 heavy (non-hydrogen) atoms. The average Bonchev–Trinajstić information content (AvgIpc) is 3.19. The minimum Gasteiger partial charge on any atom is -0.507 e. The molecule has 0 bridgehead atoms. The molecule has 3 heterocycles. The molecule has 2 aromatic heterocycles. The van der Waals surface area contributed by atoms with Crippen LogP contribution in [0.5, 0.6) is 11.5 Å². The Morgan fingerprint density at radius 3 is 2.90 bits per heavy atom. The maximum atomic E-state index is 14.7. The number of ether oxygens (including phenoxy) is 1. The summed E-state index contributed by atoms with van der Waals surface area (Å²) in [5, 5.41) is 22.0. The molecule has 7 nitrogen and oxygen atoms in total. The van der Waals surface area contributed by atoms with Crippen molar-refractivity contribution in [2.24, 2.45) is 0 Å². The van der Waals surface area contributed by atoms with E-state index in [1.165, 1.54) is 0 Å². The number of likely N-dealkylation sites (N-methyl/N-ethyl adjacent to an activating group) is 1. The SMILES string of the molecule is CCN1CCC[C@@H](Nc2nnc(-c3c(O)cc(OC(F)F)cc3F)c3cccn23)C1. The molecule has 160 valence electrons. The number of nitrogens with one attached hydrogen (secondary N) is 1. The highest BCUT2D eigenvalue weighted by molar-refractivity contribution is 5.82. The lowest BCUT2D eigenvalue weighted by Gasteiger charge is -2.32. The molecule has 0 saturated carbocycles. The predicted octanol–water partition coefficient (Wildman–Crippen LogP) is 3.74. The Bertz CT molecular complexity index is 1020. The molecular formula is C20H22F3N5O2. The van der Waals surface area contributed by atoms with E-state index in [-0.39, 0.29) is 17.3 Å². The Hall–Kier alpha value is -3.01. The number of likely N-dealkylation sites (tertiary alicyclic amines) is 1. The quantitative estimate of drug-likeness (QED) is 0.632. The number of aromatic nitrogens is 3. The summed E-state index contributed by atoms with van der Waals surface area (Å²) in [7, 11) is 0. The fourth-order valence-corrected chi connectivity index (χ4v) is 3.85. The molecule has 1 aliphatic rings. The number of alkyl halides is 2. The van der Waals surface area contributed by atoms with Gasteiger partial charge < -0.3 is 20.1 Å². The fraction of sp³-hybridized carbons (Fsp3) is 0.400. The Labute approximate surface area is 171 Å². The number of phenolic OH excluding ortho intramolecular Hbond substituents is 1. The zero-order valence-electron chi connectivity index (χ0n) is 16.4. The van der Waals surface area contributed by atoms with E-state index in [1.807, 2.05) is 0 Å².